The van der Waals surface area contributed by atoms with E-state index in [4.69, 9.17) is 32.7 Å². The number of pyridine rings is 1. The van der Waals surface area contributed by atoms with Gasteiger partial charge in [-0.2, -0.15) is 0 Å². The number of hydrogen-bond acceptors (Lipinski definition) is 3. The molecule has 5 heteroatoms. The molecule has 0 aliphatic rings. The summed E-state index contributed by atoms with van der Waals surface area (Å²) in [6, 6.07) is 19.8. The highest BCUT2D eigenvalue weighted by Crippen LogP contribution is 2.16. The third-order valence-electron chi connectivity index (χ3n) is 3.43. The van der Waals surface area contributed by atoms with Crippen LogP contribution in [0.5, 0.6) is 11.5 Å². The smallest absolute Gasteiger partial charge is 0.149 e. The van der Waals surface area contributed by atoms with Crippen molar-refractivity contribution in [2.45, 2.75) is 0 Å². The Balaban J connectivity index is 1.51. The van der Waals surface area contributed by atoms with Crippen molar-refractivity contribution in [3.05, 3.63) is 88.2 Å². The molecule has 0 bridgehead atoms. The number of halogens is 2. The molecule has 1 heterocycles. The van der Waals surface area contributed by atoms with Crippen LogP contribution in [0.2, 0.25) is 10.0 Å². The third kappa shape index (κ3) is 6.56. The molecule has 0 atom stereocenters. The molecule has 0 aliphatic carbocycles. The van der Waals surface area contributed by atoms with E-state index in [9.17, 15) is 0 Å². The predicted molar refractivity (Wildman–Crippen MR) is 112 cm³/mol. The molecule has 3 aromatic rings. The fourth-order valence-corrected chi connectivity index (χ4v) is 2.38. The second kappa shape index (κ2) is 10.3. The molecular weight excluding hydrogens is 393 g/mol. The van der Waals surface area contributed by atoms with Crippen LogP contribution in [-0.2, 0) is 0 Å². The van der Waals surface area contributed by atoms with Crippen LogP contribution in [0.1, 0.15) is 11.4 Å². The van der Waals surface area contributed by atoms with Crippen LogP contribution >= 0.6 is 23.2 Å². The summed E-state index contributed by atoms with van der Waals surface area (Å²) in [6.07, 6.45) is 0. The van der Waals surface area contributed by atoms with E-state index in [1.807, 2.05) is 18.2 Å². The van der Waals surface area contributed by atoms with Crippen molar-refractivity contribution in [1.29, 1.82) is 0 Å². The topological polar surface area (TPSA) is 31.4 Å². The molecule has 0 amide bonds. The van der Waals surface area contributed by atoms with Gasteiger partial charge in [-0.1, -0.05) is 41.1 Å². The summed E-state index contributed by atoms with van der Waals surface area (Å²) in [7, 11) is 0. The monoisotopic (exact) mass is 407 g/mol. The van der Waals surface area contributed by atoms with Crippen LogP contribution in [0, 0.1) is 23.7 Å². The van der Waals surface area contributed by atoms with E-state index in [2.05, 4.69) is 28.7 Å². The molecule has 3 nitrogen and oxygen atoms in total. The van der Waals surface area contributed by atoms with Crippen LogP contribution < -0.4 is 9.47 Å². The van der Waals surface area contributed by atoms with E-state index in [0.717, 1.165) is 0 Å². The van der Waals surface area contributed by atoms with Crippen LogP contribution in [0.4, 0.5) is 0 Å². The molecular formula is C23H15Cl2NO2. The van der Waals surface area contributed by atoms with Crippen molar-refractivity contribution < 1.29 is 9.47 Å². The summed E-state index contributed by atoms with van der Waals surface area (Å²) < 4.78 is 11.1. The number of nitrogens with zero attached hydrogens (tertiary/aromatic N) is 1. The van der Waals surface area contributed by atoms with Gasteiger partial charge in [-0.3, -0.25) is 0 Å². The summed E-state index contributed by atoms with van der Waals surface area (Å²) in [5.74, 6) is 13.2. The summed E-state index contributed by atoms with van der Waals surface area (Å²) in [5, 5.41) is 1.33. The van der Waals surface area contributed by atoms with Gasteiger partial charge in [-0.05, 0) is 72.5 Å². The number of hydrogen-bond donors (Lipinski definition) is 0. The maximum atomic E-state index is 5.83. The molecule has 0 saturated carbocycles. The van der Waals surface area contributed by atoms with Crippen molar-refractivity contribution in [2.24, 2.45) is 0 Å². The SMILES string of the molecule is Clc1ccc(OCC#Cc2cccc(C#CCOc3ccc(Cl)cc3)n2)cc1. The van der Waals surface area contributed by atoms with Gasteiger partial charge in [-0.25, -0.2) is 4.98 Å². The van der Waals surface area contributed by atoms with E-state index in [-0.39, 0.29) is 13.2 Å². The Morgan fingerprint density at radius 1 is 0.643 bits per heavy atom. The quantitative estimate of drug-likeness (QED) is 0.553. The van der Waals surface area contributed by atoms with Gasteiger partial charge >= 0.3 is 0 Å². The maximum Gasteiger partial charge on any atom is 0.149 e. The lowest BCUT2D eigenvalue weighted by Gasteiger charge is -2.01. The summed E-state index contributed by atoms with van der Waals surface area (Å²) in [5.41, 5.74) is 1.26. The van der Waals surface area contributed by atoms with E-state index in [1.54, 1.807) is 48.5 Å². The number of aromatic nitrogens is 1. The van der Waals surface area contributed by atoms with Crippen LogP contribution in [0.25, 0.3) is 0 Å². The van der Waals surface area contributed by atoms with Crippen LogP contribution in [0.3, 0.4) is 0 Å². The lowest BCUT2D eigenvalue weighted by molar-refractivity contribution is 0.370. The van der Waals surface area contributed by atoms with Gasteiger partial charge in [0.05, 0.1) is 0 Å². The van der Waals surface area contributed by atoms with Crippen LogP contribution in [-0.4, -0.2) is 18.2 Å². The predicted octanol–water partition coefficient (Wildman–Crippen LogP) is 5.25. The zero-order chi connectivity index (χ0) is 19.6. The second-order valence-electron chi connectivity index (χ2n) is 5.50. The first-order valence-corrected chi connectivity index (χ1v) is 9.16. The Hall–Kier alpha value is -3.11. The molecule has 2 aromatic carbocycles. The standard InChI is InChI=1S/C23H15Cl2NO2/c24-18-8-12-22(13-9-18)27-16-2-6-20-4-1-5-21(26-20)7-3-17-28-23-14-10-19(25)11-15-23/h1,4-5,8-15H,16-17H2. The normalized spacial score (nSPS) is 9.50. The first kappa shape index (κ1) is 19.6. The largest absolute Gasteiger partial charge is 0.481 e. The number of benzene rings is 2. The minimum absolute atomic E-state index is 0.258. The van der Waals surface area contributed by atoms with Gasteiger partial charge in [0.15, 0.2) is 0 Å². The molecule has 0 saturated heterocycles. The van der Waals surface area contributed by atoms with Gasteiger partial charge in [-0.15, -0.1) is 0 Å². The van der Waals surface area contributed by atoms with Crippen molar-refractivity contribution in [2.75, 3.05) is 13.2 Å². The summed E-state index contributed by atoms with van der Waals surface area (Å²) in [4.78, 5) is 4.39. The molecule has 0 fully saturated rings. The van der Waals surface area contributed by atoms with Crippen molar-refractivity contribution >= 4 is 23.2 Å². The van der Waals surface area contributed by atoms with E-state index >= 15 is 0 Å². The fraction of sp³-hybridized carbons (Fsp3) is 0.0870. The minimum atomic E-state index is 0.258. The summed E-state index contributed by atoms with van der Waals surface area (Å²) in [6.45, 7) is 0.516. The van der Waals surface area contributed by atoms with Gasteiger partial charge in [0.2, 0.25) is 0 Å². The molecule has 0 radical (unpaired) electrons. The maximum absolute atomic E-state index is 5.83. The molecule has 0 N–H and O–H groups in total. The van der Waals surface area contributed by atoms with E-state index in [1.165, 1.54) is 0 Å². The molecule has 138 valence electrons. The summed E-state index contributed by atoms with van der Waals surface area (Å²) >= 11 is 11.7. The van der Waals surface area contributed by atoms with Crippen LogP contribution in [0.15, 0.2) is 66.7 Å². The van der Waals surface area contributed by atoms with E-state index < -0.39 is 0 Å². The molecule has 3 rings (SSSR count). The number of rotatable bonds is 4. The highest BCUT2D eigenvalue weighted by Gasteiger charge is 1.94. The van der Waals surface area contributed by atoms with E-state index in [0.29, 0.717) is 32.9 Å². The average Bonchev–Trinajstić information content (AvgIpc) is 2.72. The fourth-order valence-electron chi connectivity index (χ4n) is 2.13. The minimum Gasteiger partial charge on any atom is -0.481 e. The Morgan fingerprint density at radius 3 is 1.50 bits per heavy atom. The lowest BCUT2D eigenvalue weighted by atomic mass is 10.3. The van der Waals surface area contributed by atoms with Crippen molar-refractivity contribution in [3.63, 3.8) is 0 Å². The Labute approximate surface area is 174 Å². The molecule has 28 heavy (non-hydrogen) atoms. The van der Waals surface area contributed by atoms with Crippen molar-refractivity contribution in [1.82, 2.24) is 4.98 Å². The van der Waals surface area contributed by atoms with Gasteiger partial charge < -0.3 is 9.47 Å². The molecule has 1 aromatic heterocycles. The van der Waals surface area contributed by atoms with Gasteiger partial charge in [0, 0.05) is 10.0 Å². The highest BCUT2D eigenvalue weighted by molar-refractivity contribution is 6.30. The van der Waals surface area contributed by atoms with Crippen molar-refractivity contribution in [3.8, 4) is 35.2 Å². The molecule has 0 unspecified atom stereocenters. The highest BCUT2D eigenvalue weighted by atomic mass is 35.5. The third-order valence-corrected chi connectivity index (χ3v) is 3.94. The Kier molecular flexibility index (Phi) is 7.21. The Bertz CT molecular complexity index is 957. The number of ether oxygens (including phenoxy) is 2. The zero-order valence-corrected chi connectivity index (χ0v) is 16.3. The zero-order valence-electron chi connectivity index (χ0n) is 14.8. The first-order valence-electron chi connectivity index (χ1n) is 8.40. The molecule has 0 aliphatic heterocycles. The Morgan fingerprint density at radius 2 is 1.07 bits per heavy atom. The first-order chi connectivity index (χ1) is 13.7. The van der Waals surface area contributed by atoms with Gasteiger partial charge in [0.1, 0.15) is 36.1 Å². The van der Waals surface area contributed by atoms with Gasteiger partial charge in [0.25, 0.3) is 0 Å². The average molecular weight is 408 g/mol. The second-order valence-corrected chi connectivity index (χ2v) is 6.37. The molecule has 0 spiro atoms. The lowest BCUT2D eigenvalue weighted by Crippen LogP contribution is -1.95.